The Morgan fingerprint density at radius 2 is 2.00 bits per heavy atom. The minimum atomic E-state index is -0.107. The molecule has 1 aliphatic rings. The van der Waals surface area contributed by atoms with Crippen LogP contribution >= 0.6 is 24.0 Å². The maximum Gasteiger partial charge on any atom is 0.193 e. The van der Waals surface area contributed by atoms with E-state index >= 15 is 0 Å². The highest BCUT2D eigenvalue weighted by atomic mass is 127. The zero-order chi connectivity index (χ0) is 17.2. The van der Waals surface area contributed by atoms with Crippen LogP contribution in [0.1, 0.15) is 24.1 Å². The third kappa shape index (κ3) is 4.34. The summed E-state index contributed by atoms with van der Waals surface area (Å²) in [6.07, 6.45) is 4.07. The first-order valence-electron chi connectivity index (χ1n) is 8.33. The molecule has 1 aliphatic carbocycles. The molecular formula is C19H26FIN4. The van der Waals surface area contributed by atoms with Crippen LogP contribution in [0.5, 0.6) is 0 Å². The summed E-state index contributed by atoms with van der Waals surface area (Å²) in [5.74, 6) is 0.725. The van der Waals surface area contributed by atoms with Crippen molar-refractivity contribution < 1.29 is 4.39 Å². The van der Waals surface area contributed by atoms with E-state index in [1.165, 1.54) is 5.69 Å². The lowest BCUT2D eigenvalue weighted by Crippen LogP contribution is -2.42. The molecule has 1 fully saturated rings. The molecule has 0 radical (unpaired) electrons. The first-order valence-corrected chi connectivity index (χ1v) is 8.33. The Morgan fingerprint density at radius 1 is 1.28 bits per heavy atom. The average Bonchev–Trinajstić information content (AvgIpc) is 3.25. The first kappa shape index (κ1) is 19.8. The number of halogens is 2. The van der Waals surface area contributed by atoms with Crippen molar-refractivity contribution in [2.24, 2.45) is 12.0 Å². The Labute approximate surface area is 166 Å². The van der Waals surface area contributed by atoms with Crippen molar-refractivity contribution in [1.29, 1.82) is 0 Å². The molecule has 0 unspecified atom stereocenters. The van der Waals surface area contributed by atoms with E-state index in [2.05, 4.69) is 25.8 Å². The Balaban J connectivity index is 0.00000225. The standard InChI is InChI=1S/C19H25FN4.HI/c1-21-18(24(3)13-15-7-6-12-23(15)2)22-14-19(10-11-19)16-8-4-5-9-17(16)20;/h4-9,12H,10-11,13-14H2,1-3H3,(H,21,22);1H. The van der Waals surface area contributed by atoms with Gasteiger partial charge in [-0.25, -0.2) is 4.39 Å². The number of guanidine groups is 1. The molecule has 0 saturated heterocycles. The van der Waals surface area contributed by atoms with E-state index in [4.69, 9.17) is 0 Å². The molecule has 136 valence electrons. The number of nitrogens with zero attached hydrogens (tertiary/aromatic N) is 3. The largest absolute Gasteiger partial charge is 0.355 e. The number of nitrogens with one attached hydrogen (secondary N) is 1. The highest BCUT2D eigenvalue weighted by Gasteiger charge is 2.45. The van der Waals surface area contributed by atoms with Crippen molar-refractivity contribution in [3.05, 3.63) is 59.7 Å². The van der Waals surface area contributed by atoms with Crippen LogP contribution in [0.15, 0.2) is 47.6 Å². The van der Waals surface area contributed by atoms with Crippen molar-refractivity contribution in [2.45, 2.75) is 24.8 Å². The van der Waals surface area contributed by atoms with E-state index in [0.29, 0.717) is 6.54 Å². The topological polar surface area (TPSA) is 32.6 Å². The van der Waals surface area contributed by atoms with E-state index in [9.17, 15) is 4.39 Å². The van der Waals surface area contributed by atoms with Crippen LogP contribution in [0, 0.1) is 5.82 Å². The second kappa shape index (κ2) is 8.21. The van der Waals surface area contributed by atoms with Gasteiger partial charge in [0, 0.05) is 45.0 Å². The Morgan fingerprint density at radius 3 is 2.56 bits per heavy atom. The maximum atomic E-state index is 14.1. The van der Waals surface area contributed by atoms with Crippen LogP contribution < -0.4 is 5.32 Å². The molecule has 2 aromatic rings. The maximum absolute atomic E-state index is 14.1. The van der Waals surface area contributed by atoms with Gasteiger partial charge in [-0.05, 0) is 36.6 Å². The van der Waals surface area contributed by atoms with Gasteiger partial charge in [-0.3, -0.25) is 4.99 Å². The normalized spacial score (nSPS) is 15.4. The quantitative estimate of drug-likeness (QED) is 0.425. The molecule has 1 N–H and O–H groups in total. The molecule has 1 aromatic carbocycles. The van der Waals surface area contributed by atoms with E-state index in [1.54, 1.807) is 19.2 Å². The summed E-state index contributed by atoms with van der Waals surface area (Å²) < 4.78 is 16.2. The highest BCUT2D eigenvalue weighted by Crippen LogP contribution is 2.48. The Bertz CT molecular complexity index is 737. The Kier molecular flexibility index (Phi) is 6.48. The summed E-state index contributed by atoms with van der Waals surface area (Å²) in [6, 6.07) is 11.2. The van der Waals surface area contributed by atoms with Crippen LogP contribution in [0.3, 0.4) is 0 Å². The number of hydrogen-bond donors (Lipinski definition) is 1. The lowest BCUT2D eigenvalue weighted by atomic mass is 9.95. The second-order valence-corrected chi connectivity index (χ2v) is 6.63. The predicted octanol–water partition coefficient (Wildman–Crippen LogP) is 3.52. The van der Waals surface area contributed by atoms with Crippen molar-refractivity contribution in [3.63, 3.8) is 0 Å². The smallest absolute Gasteiger partial charge is 0.193 e. The second-order valence-electron chi connectivity index (χ2n) is 6.63. The van der Waals surface area contributed by atoms with Crippen LogP contribution in [0.2, 0.25) is 0 Å². The molecule has 3 rings (SSSR count). The van der Waals surface area contributed by atoms with Crippen molar-refractivity contribution in [1.82, 2.24) is 14.8 Å². The van der Waals surface area contributed by atoms with Gasteiger partial charge < -0.3 is 14.8 Å². The first-order chi connectivity index (χ1) is 11.6. The van der Waals surface area contributed by atoms with Gasteiger partial charge in [0.15, 0.2) is 5.96 Å². The molecule has 6 heteroatoms. The van der Waals surface area contributed by atoms with Gasteiger partial charge in [0.05, 0.1) is 6.54 Å². The molecule has 0 atom stereocenters. The monoisotopic (exact) mass is 456 g/mol. The third-order valence-corrected chi connectivity index (χ3v) is 4.91. The summed E-state index contributed by atoms with van der Waals surface area (Å²) in [6.45, 7) is 1.48. The van der Waals surface area contributed by atoms with Crippen LogP contribution in [0.25, 0.3) is 0 Å². The zero-order valence-electron chi connectivity index (χ0n) is 15.0. The summed E-state index contributed by atoms with van der Waals surface area (Å²) in [4.78, 5) is 6.46. The van der Waals surface area contributed by atoms with Gasteiger partial charge in [-0.15, -0.1) is 24.0 Å². The van der Waals surface area contributed by atoms with Crippen molar-refractivity contribution in [3.8, 4) is 0 Å². The number of hydrogen-bond acceptors (Lipinski definition) is 1. The van der Waals surface area contributed by atoms with Crippen LogP contribution in [-0.4, -0.2) is 36.1 Å². The third-order valence-electron chi connectivity index (χ3n) is 4.91. The SMILES string of the molecule is CN=C(NCC1(c2ccccc2F)CC1)N(C)Cc1cccn1C.I. The van der Waals surface area contributed by atoms with E-state index in [1.807, 2.05) is 38.5 Å². The fourth-order valence-corrected chi connectivity index (χ4v) is 3.20. The molecule has 0 bridgehead atoms. The predicted molar refractivity (Wildman–Crippen MR) is 111 cm³/mol. The van der Waals surface area contributed by atoms with Crippen LogP contribution in [0.4, 0.5) is 4.39 Å². The van der Waals surface area contributed by atoms with E-state index in [0.717, 1.165) is 30.9 Å². The van der Waals surface area contributed by atoms with Gasteiger partial charge >= 0.3 is 0 Å². The molecule has 1 aromatic heterocycles. The lowest BCUT2D eigenvalue weighted by molar-refractivity contribution is 0.454. The molecular weight excluding hydrogens is 430 g/mol. The van der Waals surface area contributed by atoms with Crippen molar-refractivity contribution >= 4 is 29.9 Å². The molecule has 4 nitrogen and oxygen atoms in total. The van der Waals surface area contributed by atoms with Crippen molar-refractivity contribution in [2.75, 3.05) is 20.6 Å². The summed E-state index contributed by atoms with van der Waals surface area (Å²) in [5, 5.41) is 3.43. The van der Waals surface area contributed by atoms with Gasteiger partial charge in [0.25, 0.3) is 0 Å². The fourth-order valence-electron chi connectivity index (χ4n) is 3.20. The van der Waals surface area contributed by atoms with E-state index in [-0.39, 0.29) is 35.2 Å². The molecule has 0 aliphatic heterocycles. The van der Waals surface area contributed by atoms with Gasteiger partial charge in [0.2, 0.25) is 0 Å². The molecule has 0 amide bonds. The minimum Gasteiger partial charge on any atom is -0.355 e. The number of rotatable bonds is 5. The number of benzene rings is 1. The fraction of sp³-hybridized carbons (Fsp3) is 0.421. The number of aryl methyl sites for hydroxylation is 1. The lowest BCUT2D eigenvalue weighted by Gasteiger charge is -2.25. The number of aromatic nitrogens is 1. The summed E-state index contributed by atoms with van der Waals surface area (Å²) in [5.41, 5.74) is 1.95. The zero-order valence-corrected chi connectivity index (χ0v) is 17.3. The van der Waals surface area contributed by atoms with Gasteiger partial charge in [-0.2, -0.15) is 0 Å². The Hall–Kier alpha value is -1.57. The van der Waals surface area contributed by atoms with Crippen LogP contribution in [-0.2, 0) is 19.0 Å². The summed E-state index contributed by atoms with van der Waals surface area (Å²) in [7, 11) is 5.84. The van der Waals surface area contributed by atoms with Gasteiger partial charge in [-0.1, -0.05) is 18.2 Å². The summed E-state index contributed by atoms with van der Waals surface area (Å²) >= 11 is 0. The number of aliphatic imine (C=N–C) groups is 1. The molecule has 1 saturated carbocycles. The molecule has 25 heavy (non-hydrogen) atoms. The average molecular weight is 456 g/mol. The van der Waals surface area contributed by atoms with Gasteiger partial charge in [0.1, 0.15) is 5.82 Å². The van der Waals surface area contributed by atoms with E-state index < -0.39 is 0 Å². The molecule has 0 spiro atoms. The minimum absolute atomic E-state index is 0. The molecule has 1 heterocycles. The highest BCUT2D eigenvalue weighted by molar-refractivity contribution is 14.0.